The van der Waals surface area contributed by atoms with E-state index >= 15 is 0 Å². The number of ether oxygens (including phenoxy) is 6. The topological polar surface area (TPSA) is 55.4 Å². The Balaban J connectivity index is 0.000000314. The Bertz CT molecular complexity index is 762. The smallest absolute Gasteiger partial charge is 0.154 e. The molecule has 0 aromatic heterocycles. The summed E-state index contributed by atoms with van der Waals surface area (Å²) >= 11 is 0. The molecule has 4 unspecified atom stereocenters. The van der Waals surface area contributed by atoms with E-state index < -0.39 is 0 Å². The number of benzene rings is 1. The summed E-state index contributed by atoms with van der Waals surface area (Å²) in [5.74, 6) is 4.78. The van der Waals surface area contributed by atoms with Crippen molar-refractivity contribution >= 4 is 0 Å². The summed E-state index contributed by atoms with van der Waals surface area (Å²) < 4.78 is 31.5. The highest BCUT2D eigenvalue weighted by atomic mass is 16.7. The largest absolute Gasteiger partial charge is 0.378 e. The van der Waals surface area contributed by atoms with E-state index in [9.17, 15) is 0 Å². The molecule has 5 fully saturated rings. The molecule has 1 saturated carbocycles. The molecule has 5 aliphatic rings. The summed E-state index contributed by atoms with van der Waals surface area (Å²) in [4.78, 5) is 0. The Labute approximate surface area is 323 Å². The molecule has 6 rings (SSSR count). The standard InChI is InChI=1S/C12H18.C8H16.2C7H14O.2C6H12O2/c1-7-8(2)10(4)12(6)11(5)9(7)3;1-7-3-5-8(2)6-4-7;2*1-6-3-4-7(2)8-5-6;2*1-5-3-7-6(2)8-4-5/h1-6H3;7-8H,3-6H2,1-2H3;2*6-7H,3-5H2,1-2H3;2*5-6H,3-4H2,1-2H3. The lowest BCUT2D eigenvalue weighted by atomic mass is 9.84. The molecule has 52 heavy (non-hydrogen) atoms. The molecule has 1 aromatic carbocycles. The van der Waals surface area contributed by atoms with Gasteiger partial charge in [-0.2, -0.15) is 0 Å². The predicted molar refractivity (Wildman–Crippen MR) is 220 cm³/mol. The van der Waals surface area contributed by atoms with Gasteiger partial charge in [0.15, 0.2) is 12.6 Å². The van der Waals surface area contributed by atoms with E-state index in [-0.39, 0.29) is 12.6 Å². The molecule has 0 radical (unpaired) electrons. The first kappa shape index (κ1) is 49.0. The van der Waals surface area contributed by atoms with Gasteiger partial charge in [-0.25, -0.2) is 0 Å². The molecule has 4 atom stereocenters. The minimum absolute atomic E-state index is 0.0196. The van der Waals surface area contributed by atoms with Gasteiger partial charge in [0, 0.05) is 25.0 Å². The molecular weight excluding hydrogens is 648 g/mol. The second kappa shape index (κ2) is 26.7. The van der Waals surface area contributed by atoms with Crippen molar-refractivity contribution in [2.75, 3.05) is 39.6 Å². The van der Waals surface area contributed by atoms with Crippen LogP contribution in [0, 0.1) is 77.0 Å². The average Bonchev–Trinajstić information content (AvgIpc) is 3.13. The van der Waals surface area contributed by atoms with Crippen LogP contribution in [-0.2, 0) is 28.4 Å². The van der Waals surface area contributed by atoms with Crippen LogP contribution in [0.25, 0.3) is 0 Å². The van der Waals surface area contributed by atoms with Crippen molar-refractivity contribution < 1.29 is 28.4 Å². The van der Waals surface area contributed by atoms with Gasteiger partial charge in [0.1, 0.15) is 0 Å². The van der Waals surface area contributed by atoms with Gasteiger partial charge in [-0.3, -0.25) is 0 Å². The SMILES string of the molecule is CC1CCC(C)CC1.CC1CCC(C)OC1.CC1CCC(C)OC1.CC1COC(C)OC1.CC1COC(C)OC1.Cc1c(C)c(C)c(C)c(C)c1C. The normalized spacial score (nSPS) is 33.0. The van der Waals surface area contributed by atoms with Crippen molar-refractivity contribution in [3.63, 3.8) is 0 Å². The summed E-state index contributed by atoms with van der Waals surface area (Å²) in [6.07, 6.45) is 12.2. The van der Waals surface area contributed by atoms with E-state index in [1.807, 2.05) is 13.8 Å². The van der Waals surface area contributed by atoms with Gasteiger partial charge in [-0.05, 0) is 152 Å². The molecule has 1 aliphatic carbocycles. The highest BCUT2D eigenvalue weighted by molar-refractivity contribution is 5.48. The summed E-state index contributed by atoms with van der Waals surface area (Å²) in [7, 11) is 0. The molecule has 6 heteroatoms. The molecule has 306 valence electrons. The molecule has 4 heterocycles. The third kappa shape index (κ3) is 21.2. The summed E-state index contributed by atoms with van der Waals surface area (Å²) in [5, 5.41) is 0. The van der Waals surface area contributed by atoms with Gasteiger partial charge in [-0.15, -0.1) is 0 Å². The fourth-order valence-corrected chi connectivity index (χ4v) is 6.53. The third-order valence-electron chi connectivity index (χ3n) is 11.6. The first-order chi connectivity index (χ1) is 24.4. The van der Waals surface area contributed by atoms with Gasteiger partial charge in [-0.1, -0.05) is 67.2 Å². The lowest BCUT2D eigenvalue weighted by Gasteiger charge is -2.24. The van der Waals surface area contributed by atoms with Crippen molar-refractivity contribution in [2.24, 2.45) is 35.5 Å². The van der Waals surface area contributed by atoms with E-state index in [1.54, 1.807) is 0 Å². The highest BCUT2D eigenvalue weighted by Gasteiger charge is 2.16. The molecule has 0 amide bonds. The Kier molecular flexibility index (Phi) is 25.2. The second-order valence-corrected chi connectivity index (χ2v) is 17.4. The number of hydrogen-bond acceptors (Lipinski definition) is 6. The van der Waals surface area contributed by atoms with Crippen molar-refractivity contribution in [3.05, 3.63) is 33.4 Å². The van der Waals surface area contributed by atoms with Crippen LogP contribution in [0.4, 0.5) is 0 Å². The molecule has 0 spiro atoms. The van der Waals surface area contributed by atoms with Crippen LogP contribution in [0.1, 0.15) is 154 Å². The van der Waals surface area contributed by atoms with Crippen LogP contribution >= 0.6 is 0 Å². The van der Waals surface area contributed by atoms with E-state index in [2.05, 4.69) is 96.9 Å². The maximum Gasteiger partial charge on any atom is 0.154 e. The lowest BCUT2D eigenvalue weighted by Crippen LogP contribution is -2.27. The Morgan fingerprint density at radius 1 is 0.269 bits per heavy atom. The zero-order chi connectivity index (χ0) is 39.4. The minimum Gasteiger partial charge on any atom is -0.378 e. The fourth-order valence-electron chi connectivity index (χ4n) is 6.53. The molecule has 1 aromatic rings. The van der Waals surface area contributed by atoms with Gasteiger partial charge >= 0.3 is 0 Å². The van der Waals surface area contributed by atoms with Gasteiger partial charge in [0.25, 0.3) is 0 Å². The average molecular weight is 735 g/mol. The maximum atomic E-state index is 5.39. The minimum atomic E-state index is 0.0196. The first-order valence-electron chi connectivity index (χ1n) is 21.1. The Morgan fingerprint density at radius 2 is 0.481 bits per heavy atom. The Morgan fingerprint density at radius 3 is 0.654 bits per heavy atom. The second-order valence-electron chi connectivity index (χ2n) is 17.4. The zero-order valence-corrected chi connectivity index (χ0v) is 37.1. The van der Waals surface area contributed by atoms with Crippen LogP contribution in [0.2, 0.25) is 0 Å². The lowest BCUT2D eigenvalue weighted by molar-refractivity contribution is -0.187. The molecule has 4 aliphatic heterocycles. The van der Waals surface area contributed by atoms with Crippen LogP contribution < -0.4 is 0 Å². The van der Waals surface area contributed by atoms with Crippen LogP contribution in [0.5, 0.6) is 0 Å². The molecule has 6 nitrogen and oxygen atoms in total. The van der Waals surface area contributed by atoms with Crippen LogP contribution in [-0.4, -0.2) is 64.4 Å². The maximum absolute atomic E-state index is 5.39. The summed E-state index contributed by atoms with van der Waals surface area (Å²) in [5.41, 5.74) is 8.73. The van der Waals surface area contributed by atoms with Gasteiger partial charge < -0.3 is 28.4 Å². The van der Waals surface area contributed by atoms with Crippen LogP contribution in [0.3, 0.4) is 0 Å². The number of rotatable bonds is 0. The molecule has 0 N–H and O–H groups in total. The van der Waals surface area contributed by atoms with E-state index in [0.717, 1.165) is 63.3 Å². The Hall–Kier alpha value is -1.02. The highest BCUT2D eigenvalue weighted by Crippen LogP contribution is 2.27. The first-order valence-corrected chi connectivity index (χ1v) is 21.1. The molecule has 4 saturated heterocycles. The van der Waals surface area contributed by atoms with Crippen molar-refractivity contribution in [1.82, 2.24) is 0 Å². The molecule has 0 bridgehead atoms. The third-order valence-corrected chi connectivity index (χ3v) is 11.6. The molecular formula is C46H86O6. The van der Waals surface area contributed by atoms with Gasteiger partial charge in [0.05, 0.1) is 38.6 Å². The van der Waals surface area contributed by atoms with Gasteiger partial charge in [0.2, 0.25) is 0 Å². The predicted octanol–water partition coefficient (Wildman–Crippen LogP) is 12.0. The van der Waals surface area contributed by atoms with Crippen LogP contribution in [0.15, 0.2) is 0 Å². The van der Waals surface area contributed by atoms with E-state index in [0.29, 0.717) is 24.0 Å². The van der Waals surface area contributed by atoms with E-state index in [1.165, 1.54) is 84.7 Å². The number of hydrogen-bond donors (Lipinski definition) is 0. The van der Waals surface area contributed by atoms with Crippen molar-refractivity contribution in [1.29, 1.82) is 0 Å². The summed E-state index contributed by atoms with van der Waals surface area (Å²) in [6, 6.07) is 0. The quantitative estimate of drug-likeness (QED) is 0.264. The van der Waals surface area contributed by atoms with Crippen molar-refractivity contribution in [2.45, 2.75) is 187 Å². The fraction of sp³-hybridized carbons (Fsp3) is 0.870. The zero-order valence-electron chi connectivity index (χ0n) is 37.1. The summed E-state index contributed by atoms with van der Waals surface area (Å²) in [6.45, 7) is 40.2. The van der Waals surface area contributed by atoms with E-state index in [4.69, 9.17) is 28.4 Å². The van der Waals surface area contributed by atoms with Crippen molar-refractivity contribution in [3.8, 4) is 0 Å². The monoisotopic (exact) mass is 735 g/mol.